The van der Waals surface area contributed by atoms with Gasteiger partial charge in [-0.05, 0) is 62.6 Å². The van der Waals surface area contributed by atoms with Crippen LogP contribution in [0.2, 0.25) is 10.0 Å². The third-order valence-corrected chi connectivity index (χ3v) is 7.34. The number of amides is 2. The summed E-state index contributed by atoms with van der Waals surface area (Å²) in [5.74, 6) is -0.464. The van der Waals surface area contributed by atoms with Crippen LogP contribution in [-0.4, -0.2) is 36.4 Å². The number of halogens is 2. The van der Waals surface area contributed by atoms with Crippen molar-refractivity contribution < 1.29 is 14.3 Å². The Morgan fingerprint density at radius 2 is 2.10 bits per heavy atom. The van der Waals surface area contributed by atoms with E-state index in [0.29, 0.717) is 33.6 Å². The summed E-state index contributed by atoms with van der Waals surface area (Å²) in [4.78, 5) is 29.4. The van der Waals surface area contributed by atoms with E-state index in [1.807, 2.05) is 19.1 Å². The average Bonchev–Trinajstić information content (AvgIpc) is 3.37. The number of hydrogen-bond acceptors (Lipinski definition) is 4. The van der Waals surface area contributed by atoms with Crippen LogP contribution in [0, 0.1) is 12.8 Å². The fourth-order valence-electron chi connectivity index (χ4n) is 5.61. The van der Waals surface area contributed by atoms with Crippen LogP contribution >= 0.6 is 23.2 Å². The van der Waals surface area contributed by atoms with Gasteiger partial charge in [0.2, 0.25) is 11.8 Å². The van der Waals surface area contributed by atoms with Crippen LogP contribution in [0.25, 0.3) is 0 Å². The Kier molecular flexibility index (Phi) is 4.92. The number of nitrogens with one attached hydrogen (secondary N) is 2. The molecule has 0 radical (unpaired) electrons. The molecule has 162 valence electrons. The first-order valence-electron chi connectivity index (χ1n) is 10.4. The molecule has 6 nitrogen and oxygen atoms in total. The van der Waals surface area contributed by atoms with Gasteiger partial charge in [-0.3, -0.25) is 14.5 Å². The van der Waals surface area contributed by atoms with E-state index in [-0.39, 0.29) is 17.9 Å². The van der Waals surface area contributed by atoms with Crippen molar-refractivity contribution in [1.29, 1.82) is 0 Å². The summed E-state index contributed by atoms with van der Waals surface area (Å²) in [6.07, 6.45) is 2.58. The van der Waals surface area contributed by atoms with E-state index in [0.717, 1.165) is 30.5 Å². The van der Waals surface area contributed by atoms with Gasteiger partial charge in [-0.15, -0.1) is 0 Å². The minimum atomic E-state index is -1.07. The largest absolute Gasteiger partial charge is 0.495 e. The van der Waals surface area contributed by atoms with Gasteiger partial charge in [0.05, 0.1) is 29.4 Å². The highest BCUT2D eigenvalue weighted by Gasteiger charge is 2.65. The molecule has 0 saturated carbocycles. The monoisotopic (exact) mass is 459 g/mol. The van der Waals surface area contributed by atoms with Crippen molar-refractivity contribution in [1.82, 2.24) is 4.90 Å². The molecule has 2 aromatic carbocycles. The number of anilines is 2. The molecule has 3 aliphatic heterocycles. The number of aryl methyl sites for hydroxylation is 1. The smallest absolute Gasteiger partial charge is 0.250 e. The number of fused-ring (bicyclic) bond motifs is 4. The molecule has 0 aromatic heterocycles. The zero-order valence-corrected chi connectivity index (χ0v) is 18.8. The predicted octanol–water partition coefficient (Wildman–Crippen LogP) is 4.58. The van der Waals surface area contributed by atoms with E-state index >= 15 is 0 Å². The van der Waals surface area contributed by atoms with Gasteiger partial charge in [-0.25, -0.2) is 0 Å². The van der Waals surface area contributed by atoms with Crippen molar-refractivity contribution >= 4 is 46.4 Å². The molecule has 2 N–H and O–H groups in total. The number of carbonyl (C=O) groups excluding carboxylic acids is 2. The van der Waals surface area contributed by atoms with E-state index in [2.05, 4.69) is 15.5 Å². The second-order valence-corrected chi connectivity index (χ2v) is 9.35. The van der Waals surface area contributed by atoms with Gasteiger partial charge in [0, 0.05) is 16.6 Å². The average molecular weight is 460 g/mol. The maximum absolute atomic E-state index is 13.7. The molecule has 3 atom stereocenters. The molecule has 0 unspecified atom stereocenters. The summed E-state index contributed by atoms with van der Waals surface area (Å²) >= 11 is 12.6. The molecule has 5 rings (SSSR count). The molecule has 1 spiro atoms. The summed E-state index contributed by atoms with van der Waals surface area (Å²) in [5.41, 5.74) is 1.79. The van der Waals surface area contributed by atoms with Crippen molar-refractivity contribution in [2.45, 2.75) is 37.8 Å². The molecule has 0 bridgehead atoms. The lowest BCUT2D eigenvalue weighted by Crippen LogP contribution is -2.53. The first-order chi connectivity index (χ1) is 14.9. The van der Waals surface area contributed by atoms with E-state index in [1.165, 1.54) is 7.11 Å². The molecule has 0 aliphatic carbocycles. The van der Waals surface area contributed by atoms with E-state index in [1.54, 1.807) is 18.2 Å². The summed E-state index contributed by atoms with van der Waals surface area (Å²) in [7, 11) is 1.54. The van der Waals surface area contributed by atoms with Crippen LogP contribution in [0.5, 0.6) is 5.75 Å². The molecule has 2 fully saturated rings. The summed E-state index contributed by atoms with van der Waals surface area (Å²) < 4.78 is 5.38. The number of hydrogen-bond donors (Lipinski definition) is 2. The van der Waals surface area contributed by atoms with E-state index < -0.39 is 11.5 Å². The summed E-state index contributed by atoms with van der Waals surface area (Å²) in [5, 5.41) is 6.95. The quantitative estimate of drug-likeness (QED) is 0.704. The zero-order chi connectivity index (χ0) is 21.9. The van der Waals surface area contributed by atoms with Crippen LogP contribution in [0.3, 0.4) is 0 Å². The molecular weight excluding hydrogens is 437 g/mol. The number of rotatable bonds is 3. The lowest BCUT2D eigenvalue weighted by molar-refractivity contribution is -0.135. The maximum Gasteiger partial charge on any atom is 0.250 e. The molecule has 2 amide bonds. The third kappa shape index (κ3) is 2.96. The van der Waals surface area contributed by atoms with Crippen LogP contribution in [0.4, 0.5) is 11.4 Å². The Balaban J connectivity index is 1.61. The van der Waals surface area contributed by atoms with Gasteiger partial charge in [0.25, 0.3) is 0 Å². The lowest BCUT2D eigenvalue weighted by atomic mass is 9.78. The minimum absolute atomic E-state index is 0.174. The second-order valence-electron chi connectivity index (χ2n) is 8.50. The standard InChI is InChI=1S/C23H23Cl2N3O3/c1-12-8-15-20(17(25)9-12)27-22(30)23(15)16(11-14-4-3-7-28(14)23)21(29)26-18-10-13(24)5-6-19(18)31-2/h5-6,8-10,14,16H,3-4,7,11H2,1-2H3,(H,26,29)(H,27,30)/t14-,16+,23-/m0/s1. The highest BCUT2D eigenvalue weighted by Crippen LogP contribution is 2.57. The highest BCUT2D eigenvalue weighted by atomic mass is 35.5. The zero-order valence-electron chi connectivity index (χ0n) is 17.3. The number of ether oxygens (including phenoxy) is 1. The van der Waals surface area contributed by atoms with Gasteiger partial charge < -0.3 is 15.4 Å². The summed E-state index contributed by atoms with van der Waals surface area (Å²) in [6, 6.07) is 9.07. The SMILES string of the molecule is COc1ccc(Cl)cc1NC(=O)[C@H]1C[C@@H]2CCCN2[C@]12C(=O)Nc1c(Cl)cc(C)cc12. The number of benzene rings is 2. The molecule has 31 heavy (non-hydrogen) atoms. The number of nitrogens with zero attached hydrogens (tertiary/aromatic N) is 1. The third-order valence-electron chi connectivity index (χ3n) is 6.81. The Bertz CT molecular complexity index is 1110. The van der Waals surface area contributed by atoms with Crippen molar-refractivity contribution in [3.8, 4) is 5.75 Å². The Morgan fingerprint density at radius 1 is 1.29 bits per heavy atom. The molecule has 3 heterocycles. The predicted molar refractivity (Wildman–Crippen MR) is 121 cm³/mol. The van der Waals surface area contributed by atoms with Crippen molar-refractivity contribution in [2.24, 2.45) is 5.92 Å². The number of methoxy groups -OCH3 is 1. The Morgan fingerprint density at radius 3 is 2.87 bits per heavy atom. The topological polar surface area (TPSA) is 70.7 Å². The Hall–Kier alpha value is -2.28. The highest BCUT2D eigenvalue weighted by molar-refractivity contribution is 6.35. The fourth-order valence-corrected chi connectivity index (χ4v) is 6.11. The molecule has 3 aliphatic rings. The van der Waals surface area contributed by atoms with E-state index in [4.69, 9.17) is 27.9 Å². The van der Waals surface area contributed by atoms with Crippen LogP contribution in [-0.2, 0) is 15.1 Å². The molecular formula is C23H23Cl2N3O3. The van der Waals surface area contributed by atoms with E-state index in [9.17, 15) is 9.59 Å². The lowest BCUT2D eigenvalue weighted by Gasteiger charge is -2.36. The molecule has 2 saturated heterocycles. The van der Waals surface area contributed by atoms with Gasteiger partial charge in [-0.2, -0.15) is 0 Å². The molecule has 2 aromatic rings. The maximum atomic E-state index is 13.7. The van der Waals surface area contributed by atoms with Gasteiger partial charge in [0.1, 0.15) is 11.3 Å². The summed E-state index contributed by atoms with van der Waals surface area (Å²) in [6.45, 7) is 2.72. The second kappa shape index (κ2) is 7.40. The van der Waals surface area contributed by atoms with Crippen molar-refractivity contribution in [2.75, 3.05) is 24.3 Å². The fraction of sp³-hybridized carbons (Fsp3) is 0.391. The first kappa shape index (κ1) is 20.6. The van der Waals surface area contributed by atoms with Gasteiger partial charge in [-0.1, -0.05) is 29.3 Å². The van der Waals surface area contributed by atoms with Crippen LogP contribution < -0.4 is 15.4 Å². The first-order valence-corrected chi connectivity index (χ1v) is 11.1. The Labute approximate surface area is 190 Å². The van der Waals surface area contributed by atoms with Crippen molar-refractivity contribution in [3.63, 3.8) is 0 Å². The minimum Gasteiger partial charge on any atom is -0.495 e. The number of carbonyl (C=O) groups is 2. The van der Waals surface area contributed by atoms with Crippen molar-refractivity contribution in [3.05, 3.63) is 51.5 Å². The van der Waals surface area contributed by atoms with Crippen LogP contribution in [0.15, 0.2) is 30.3 Å². The normalized spacial score (nSPS) is 26.6. The van der Waals surface area contributed by atoms with Gasteiger partial charge in [0.15, 0.2) is 0 Å². The van der Waals surface area contributed by atoms with Gasteiger partial charge >= 0.3 is 0 Å². The molecule has 8 heteroatoms. The van der Waals surface area contributed by atoms with Crippen LogP contribution in [0.1, 0.15) is 30.4 Å².